The zero-order chi connectivity index (χ0) is 16.0. The van der Waals surface area contributed by atoms with E-state index in [1.165, 1.54) is 38.5 Å². The topological polar surface area (TPSA) is 20.3 Å². The highest BCUT2D eigenvalue weighted by molar-refractivity contribution is 6.31. The molecule has 4 fully saturated rings. The van der Waals surface area contributed by atoms with E-state index in [4.69, 9.17) is 11.6 Å². The van der Waals surface area contributed by atoms with Crippen molar-refractivity contribution in [1.82, 2.24) is 4.90 Å². The zero-order valence-electron chi connectivity index (χ0n) is 13.9. The van der Waals surface area contributed by atoms with Crippen LogP contribution in [-0.4, -0.2) is 17.9 Å². The SMILES string of the molecule is CN(Cc1ccccc1Cl)C(=O)CC12CC3CC(CC(C3)C1)C2. The number of hydrogen-bond donors (Lipinski definition) is 0. The normalized spacial score (nSPS) is 34.6. The second kappa shape index (κ2) is 5.81. The number of carbonyl (C=O) groups is 1. The number of amides is 1. The molecule has 4 bridgehead atoms. The van der Waals surface area contributed by atoms with Crippen LogP contribution in [0.2, 0.25) is 5.02 Å². The molecular formula is C20H26ClNO. The first-order valence-corrected chi connectivity index (χ1v) is 9.38. The van der Waals surface area contributed by atoms with E-state index < -0.39 is 0 Å². The monoisotopic (exact) mass is 331 g/mol. The van der Waals surface area contributed by atoms with Gasteiger partial charge in [0, 0.05) is 25.0 Å². The summed E-state index contributed by atoms with van der Waals surface area (Å²) in [5.41, 5.74) is 1.36. The average Bonchev–Trinajstić information content (AvgIpc) is 2.47. The van der Waals surface area contributed by atoms with Crippen LogP contribution in [0.5, 0.6) is 0 Å². The van der Waals surface area contributed by atoms with Gasteiger partial charge >= 0.3 is 0 Å². The molecule has 4 aliphatic rings. The van der Waals surface area contributed by atoms with Gasteiger partial charge < -0.3 is 4.90 Å². The van der Waals surface area contributed by atoms with Crippen LogP contribution in [0.3, 0.4) is 0 Å². The number of halogens is 1. The van der Waals surface area contributed by atoms with Crippen LogP contribution in [0.25, 0.3) is 0 Å². The Morgan fingerprint density at radius 2 is 1.70 bits per heavy atom. The molecule has 0 spiro atoms. The molecule has 0 saturated heterocycles. The zero-order valence-corrected chi connectivity index (χ0v) is 14.7. The molecule has 3 heteroatoms. The van der Waals surface area contributed by atoms with E-state index >= 15 is 0 Å². The Morgan fingerprint density at radius 1 is 1.13 bits per heavy atom. The molecule has 0 atom stereocenters. The summed E-state index contributed by atoms with van der Waals surface area (Å²) in [6.07, 6.45) is 8.94. The van der Waals surface area contributed by atoms with E-state index in [-0.39, 0.29) is 0 Å². The molecule has 0 aliphatic heterocycles. The Bertz CT molecular complexity index is 576. The molecule has 4 saturated carbocycles. The number of nitrogens with zero attached hydrogens (tertiary/aromatic N) is 1. The molecule has 0 unspecified atom stereocenters. The van der Waals surface area contributed by atoms with E-state index in [1.807, 2.05) is 36.2 Å². The third-order valence-corrected chi connectivity index (χ3v) is 6.85. The maximum Gasteiger partial charge on any atom is 0.223 e. The van der Waals surface area contributed by atoms with Crippen molar-refractivity contribution in [2.24, 2.45) is 23.2 Å². The average molecular weight is 332 g/mol. The summed E-state index contributed by atoms with van der Waals surface area (Å²) in [5, 5.41) is 0.752. The summed E-state index contributed by atoms with van der Waals surface area (Å²) in [6, 6.07) is 7.83. The summed E-state index contributed by atoms with van der Waals surface area (Å²) in [4.78, 5) is 14.7. The van der Waals surface area contributed by atoms with E-state index in [2.05, 4.69) is 0 Å². The van der Waals surface area contributed by atoms with Crippen molar-refractivity contribution in [3.63, 3.8) is 0 Å². The van der Waals surface area contributed by atoms with Crippen molar-refractivity contribution in [2.75, 3.05) is 7.05 Å². The first-order chi connectivity index (χ1) is 11.0. The van der Waals surface area contributed by atoms with Gasteiger partial charge in [-0.25, -0.2) is 0 Å². The van der Waals surface area contributed by atoms with Gasteiger partial charge in [-0.15, -0.1) is 0 Å². The maximum atomic E-state index is 12.8. The number of carbonyl (C=O) groups excluding carboxylic acids is 1. The molecule has 0 radical (unpaired) electrons. The van der Waals surface area contributed by atoms with Gasteiger partial charge in [0.1, 0.15) is 0 Å². The van der Waals surface area contributed by atoms with Crippen molar-refractivity contribution >= 4 is 17.5 Å². The van der Waals surface area contributed by atoms with Gasteiger partial charge in [0.25, 0.3) is 0 Å². The van der Waals surface area contributed by atoms with Gasteiger partial charge in [-0.1, -0.05) is 29.8 Å². The summed E-state index contributed by atoms with van der Waals surface area (Å²) in [7, 11) is 1.92. The lowest BCUT2D eigenvalue weighted by Crippen LogP contribution is -2.48. The highest BCUT2D eigenvalue weighted by Gasteiger charge is 2.51. The first-order valence-electron chi connectivity index (χ1n) is 9.00. The van der Waals surface area contributed by atoms with E-state index in [1.54, 1.807) is 0 Å². The summed E-state index contributed by atoms with van der Waals surface area (Å²) < 4.78 is 0. The first kappa shape index (κ1) is 15.5. The Morgan fingerprint density at radius 3 is 2.26 bits per heavy atom. The molecule has 4 aliphatic carbocycles. The molecule has 124 valence electrons. The van der Waals surface area contributed by atoms with Crippen LogP contribution in [0.15, 0.2) is 24.3 Å². The van der Waals surface area contributed by atoms with Gasteiger partial charge in [-0.3, -0.25) is 4.79 Å². The van der Waals surface area contributed by atoms with Crippen molar-refractivity contribution in [3.05, 3.63) is 34.9 Å². The lowest BCUT2D eigenvalue weighted by Gasteiger charge is -2.56. The second-order valence-electron chi connectivity index (χ2n) is 8.44. The Labute approximate surface area is 144 Å². The molecule has 2 nitrogen and oxygen atoms in total. The third kappa shape index (κ3) is 3.03. The fourth-order valence-corrected chi connectivity index (χ4v) is 6.13. The molecular weight excluding hydrogens is 306 g/mol. The predicted octanol–water partition coefficient (Wildman–Crippen LogP) is 4.90. The van der Waals surface area contributed by atoms with E-state index in [0.717, 1.165) is 34.8 Å². The smallest absolute Gasteiger partial charge is 0.223 e. The fraction of sp³-hybridized carbons (Fsp3) is 0.650. The number of benzene rings is 1. The number of hydrogen-bond acceptors (Lipinski definition) is 1. The molecule has 0 heterocycles. The minimum atomic E-state index is 0.298. The quantitative estimate of drug-likeness (QED) is 0.768. The standard InChI is InChI=1S/C20H26ClNO/c1-22(13-17-4-2-3-5-18(17)21)19(23)12-20-9-14-6-15(10-20)8-16(7-14)11-20/h2-5,14-16H,6-13H2,1H3. The second-order valence-corrected chi connectivity index (χ2v) is 8.84. The lowest BCUT2D eigenvalue weighted by atomic mass is 9.49. The van der Waals surface area contributed by atoms with Crippen LogP contribution >= 0.6 is 11.6 Å². The summed E-state index contributed by atoms with van der Waals surface area (Å²) in [6.45, 7) is 0.616. The largest absolute Gasteiger partial charge is 0.341 e. The predicted molar refractivity (Wildman–Crippen MR) is 93.1 cm³/mol. The van der Waals surface area contributed by atoms with Gasteiger partial charge in [0.15, 0.2) is 0 Å². The molecule has 0 aromatic heterocycles. The fourth-order valence-electron chi connectivity index (χ4n) is 5.93. The minimum Gasteiger partial charge on any atom is -0.341 e. The highest BCUT2D eigenvalue weighted by atomic mass is 35.5. The van der Waals surface area contributed by atoms with Gasteiger partial charge in [0.05, 0.1) is 0 Å². The summed E-state index contributed by atoms with van der Waals surface area (Å²) >= 11 is 6.23. The molecule has 1 aromatic carbocycles. The summed E-state index contributed by atoms with van der Waals surface area (Å²) in [5.74, 6) is 3.01. The van der Waals surface area contributed by atoms with Crippen LogP contribution in [0.1, 0.15) is 50.5 Å². The molecule has 1 amide bonds. The molecule has 0 N–H and O–H groups in total. The molecule has 23 heavy (non-hydrogen) atoms. The Kier molecular flexibility index (Phi) is 3.91. The van der Waals surface area contributed by atoms with E-state index in [9.17, 15) is 4.79 Å². The van der Waals surface area contributed by atoms with Gasteiger partial charge in [-0.2, -0.15) is 0 Å². The number of rotatable bonds is 4. The van der Waals surface area contributed by atoms with Crippen LogP contribution in [-0.2, 0) is 11.3 Å². The van der Waals surface area contributed by atoms with Crippen LogP contribution < -0.4 is 0 Å². The molecule has 5 rings (SSSR count). The Balaban J connectivity index is 1.42. The lowest BCUT2D eigenvalue weighted by molar-refractivity contribution is -0.138. The van der Waals surface area contributed by atoms with Crippen molar-refractivity contribution in [1.29, 1.82) is 0 Å². The van der Waals surface area contributed by atoms with Gasteiger partial charge in [0.2, 0.25) is 5.91 Å². The Hall–Kier alpha value is -1.02. The minimum absolute atomic E-state index is 0.298. The van der Waals surface area contributed by atoms with E-state index in [0.29, 0.717) is 17.9 Å². The van der Waals surface area contributed by atoms with Crippen LogP contribution in [0.4, 0.5) is 0 Å². The van der Waals surface area contributed by atoms with Crippen molar-refractivity contribution in [2.45, 2.75) is 51.5 Å². The third-order valence-electron chi connectivity index (χ3n) is 6.48. The van der Waals surface area contributed by atoms with Crippen LogP contribution in [0, 0.1) is 23.2 Å². The maximum absolute atomic E-state index is 12.8. The molecule has 1 aromatic rings. The van der Waals surface area contributed by atoms with Gasteiger partial charge in [-0.05, 0) is 73.3 Å². The van der Waals surface area contributed by atoms with Crippen molar-refractivity contribution < 1.29 is 4.79 Å². The van der Waals surface area contributed by atoms with Crippen molar-refractivity contribution in [3.8, 4) is 0 Å². The highest BCUT2D eigenvalue weighted by Crippen LogP contribution is 2.61.